The summed E-state index contributed by atoms with van der Waals surface area (Å²) in [6, 6.07) is 22.3. The molecule has 34 heavy (non-hydrogen) atoms. The number of likely N-dealkylation sites (N-methyl/N-ethyl adjacent to an activating group) is 1. The van der Waals surface area contributed by atoms with Gasteiger partial charge in [0.1, 0.15) is 5.75 Å². The van der Waals surface area contributed by atoms with Gasteiger partial charge in [0.25, 0.3) is 5.91 Å². The number of anilines is 1. The Bertz CT molecular complexity index is 1160. The van der Waals surface area contributed by atoms with Gasteiger partial charge in [-0.05, 0) is 73.9 Å². The maximum atomic E-state index is 13.7. The zero-order chi connectivity index (χ0) is 24.2. The van der Waals surface area contributed by atoms with Gasteiger partial charge in [-0.15, -0.1) is 0 Å². The van der Waals surface area contributed by atoms with Crippen molar-refractivity contribution in [3.8, 4) is 5.75 Å². The van der Waals surface area contributed by atoms with Gasteiger partial charge in [-0.1, -0.05) is 41.9 Å². The van der Waals surface area contributed by atoms with Crippen LogP contribution in [-0.2, 0) is 11.3 Å². The Morgan fingerprint density at radius 3 is 2.35 bits per heavy atom. The minimum absolute atomic E-state index is 0.0771. The van der Waals surface area contributed by atoms with Crippen molar-refractivity contribution in [2.45, 2.75) is 38.8 Å². The second-order valence-corrected chi connectivity index (χ2v) is 9.02. The average molecular weight is 477 g/mol. The van der Waals surface area contributed by atoms with Crippen molar-refractivity contribution >= 4 is 29.1 Å². The van der Waals surface area contributed by atoms with Crippen molar-refractivity contribution < 1.29 is 14.3 Å². The summed E-state index contributed by atoms with van der Waals surface area (Å²) in [5.41, 5.74) is 3.31. The van der Waals surface area contributed by atoms with E-state index in [0.29, 0.717) is 35.8 Å². The van der Waals surface area contributed by atoms with Crippen LogP contribution in [-0.4, -0.2) is 36.4 Å². The number of carbonyl (C=O) groups excluding carboxylic acids is 2. The molecule has 5 nitrogen and oxygen atoms in total. The number of benzene rings is 3. The zero-order valence-electron chi connectivity index (χ0n) is 19.7. The molecule has 1 heterocycles. The number of methoxy groups -OCH3 is 1. The number of ether oxygens (including phenoxy) is 1. The van der Waals surface area contributed by atoms with Crippen molar-refractivity contribution in [2.24, 2.45) is 0 Å². The van der Waals surface area contributed by atoms with E-state index in [4.69, 9.17) is 16.3 Å². The van der Waals surface area contributed by atoms with E-state index in [1.165, 1.54) is 0 Å². The second kappa shape index (κ2) is 10.3. The summed E-state index contributed by atoms with van der Waals surface area (Å²) >= 11 is 6.02. The van der Waals surface area contributed by atoms with Gasteiger partial charge in [0, 0.05) is 35.4 Å². The van der Waals surface area contributed by atoms with Gasteiger partial charge in [-0.3, -0.25) is 9.59 Å². The summed E-state index contributed by atoms with van der Waals surface area (Å²) in [5, 5.41) is 0.676. The lowest BCUT2D eigenvalue weighted by Gasteiger charge is -2.40. The summed E-state index contributed by atoms with van der Waals surface area (Å²) < 4.78 is 5.22. The molecule has 2 unspecified atom stereocenters. The Kier molecular flexibility index (Phi) is 7.23. The van der Waals surface area contributed by atoms with Gasteiger partial charge in [0.15, 0.2) is 0 Å². The Labute approximate surface area is 205 Å². The maximum Gasteiger partial charge on any atom is 0.258 e. The van der Waals surface area contributed by atoms with E-state index in [0.717, 1.165) is 16.8 Å². The summed E-state index contributed by atoms with van der Waals surface area (Å²) in [7, 11) is 1.60. The molecule has 0 saturated carbocycles. The second-order valence-electron chi connectivity index (χ2n) is 8.58. The van der Waals surface area contributed by atoms with E-state index in [9.17, 15) is 9.59 Å². The smallest absolute Gasteiger partial charge is 0.258 e. The molecule has 176 valence electrons. The molecule has 0 bridgehead atoms. The molecule has 3 aromatic carbocycles. The fourth-order valence-corrected chi connectivity index (χ4v) is 4.73. The molecule has 0 spiro atoms. The van der Waals surface area contributed by atoms with Crippen LogP contribution in [0.1, 0.15) is 47.7 Å². The molecule has 0 saturated heterocycles. The van der Waals surface area contributed by atoms with Crippen LogP contribution in [0.5, 0.6) is 5.75 Å². The average Bonchev–Trinajstić information content (AvgIpc) is 2.87. The molecular formula is C28H29ClN2O3. The van der Waals surface area contributed by atoms with Crippen LogP contribution in [0, 0.1) is 0 Å². The van der Waals surface area contributed by atoms with Crippen molar-refractivity contribution in [1.29, 1.82) is 0 Å². The number of amides is 2. The number of fused-ring (bicyclic) bond motifs is 1. The lowest BCUT2D eigenvalue weighted by Crippen LogP contribution is -2.46. The van der Waals surface area contributed by atoms with Crippen LogP contribution in [0.2, 0.25) is 5.02 Å². The number of para-hydroxylation sites is 1. The van der Waals surface area contributed by atoms with Gasteiger partial charge < -0.3 is 14.5 Å². The van der Waals surface area contributed by atoms with Crippen LogP contribution in [0.3, 0.4) is 0 Å². The van der Waals surface area contributed by atoms with Gasteiger partial charge >= 0.3 is 0 Å². The predicted octanol–water partition coefficient (Wildman–Crippen LogP) is 5.92. The van der Waals surface area contributed by atoms with E-state index in [-0.39, 0.29) is 23.8 Å². The Hall–Kier alpha value is -3.31. The van der Waals surface area contributed by atoms with Crippen LogP contribution in [0.15, 0.2) is 72.8 Å². The minimum Gasteiger partial charge on any atom is -0.497 e. The fourth-order valence-electron chi connectivity index (χ4n) is 4.60. The molecule has 1 aliphatic heterocycles. The van der Waals surface area contributed by atoms with Crippen molar-refractivity contribution in [1.82, 2.24) is 4.90 Å². The highest BCUT2D eigenvalue weighted by Crippen LogP contribution is 2.40. The Balaban J connectivity index is 1.62. The van der Waals surface area contributed by atoms with Gasteiger partial charge in [0.05, 0.1) is 13.0 Å². The normalized spacial score (nSPS) is 17.1. The van der Waals surface area contributed by atoms with Gasteiger partial charge in [-0.25, -0.2) is 0 Å². The molecule has 4 rings (SSSR count). The SMILES string of the molecule is CCN(Cc1ccc(Cl)cc1)C(=O)C1CC(C)N(C(=O)c2ccc(OC)cc2)c2ccccc21. The minimum atomic E-state index is -0.307. The molecule has 0 N–H and O–H groups in total. The van der Waals surface area contributed by atoms with Crippen LogP contribution >= 0.6 is 11.6 Å². The van der Waals surface area contributed by atoms with Gasteiger partial charge in [0.2, 0.25) is 5.91 Å². The van der Waals surface area contributed by atoms with Crippen LogP contribution in [0.25, 0.3) is 0 Å². The van der Waals surface area contributed by atoms with Crippen molar-refractivity contribution in [3.05, 3.63) is 94.5 Å². The van der Waals surface area contributed by atoms with Crippen LogP contribution in [0.4, 0.5) is 5.69 Å². The van der Waals surface area contributed by atoms with E-state index in [2.05, 4.69) is 0 Å². The quantitative estimate of drug-likeness (QED) is 0.443. The molecule has 0 fully saturated rings. The van der Waals surface area contributed by atoms with Crippen LogP contribution < -0.4 is 9.64 Å². The van der Waals surface area contributed by atoms with Crippen molar-refractivity contribution in [2.75, 3.05) is 18.6 Å². The van der Waals surface area contributed by atoms with E-state index in [1.807, 2.05) is 72.2 Å². The zero-order valence-corrected chi connectivity index (χ0v) is 20.5. The number of halogens is 1. The number of rotatable bonds is 6. The third-order valence-electron chi connectivity index (χ3n) is 6.42. The third kappa shape index (κ3) is 4.80. The first-order chi connectivity index (χ1) is 16.4. The summed E-state index contributed by atoms with van der Waals surface area (Å²) in [4.78, 5) is 30.9. The highest BCUT2D eigenvalue weighted by molar-refractivity contribution is 6.30. The summed E-state index contributed by atoms with van der Waals surface area (Å²) in [6.07, 6.45) is 0.564. The number of carbonyl (C=O) groups is 2. The van der Waals surface area contributed by atoms with E-state index >= 15 is 0 Å². The lowest BCUT2D eigenvalue weighted by atomic mass is 9.84. The third-order valence-corrected chi connectivity index (χ3v) is 6.68. The van der Waals surface area contributed by atoms with E-state index in [1.54, 1.807) is 31.4 Å². The lowest BCUT2D eigenvalue weighted by molar-refractivity contribution is -0.133. The molecule has 3 aromatic rings. The Morgan fingerprint density at radius 2 is 1.71 bits per heavy atom. The first-order valence-electron chi connectivity index (χ1n) is 11.5. The topological polar surface area (TPSA) is 49.9 Å². The number of nitrogens with zero attached hydrogens (tertiary/aromatic N) is 2. The molecule has 6 heteroatoms. The number of hydrogen-bond acceptors (Lipinski definition) is 3. The molecule has 0 aliphatic carbocycles. The molecular weight excluding hydrogens is 448 g/mol. The summed E-state index contributed by atoms with van der Waals surface area (Å²) in [5.74, 6) is 0.392. The van der Waals surface area contributed by atoms with Gasteiger partial charge in [-0.2, -0.15) is 0 Å². The highest BCUT2D eigenvalue weighted by atomic mass is 35.5. The standard InChI is InChI=1S/C28H29ClN2O3/c1-4-30(18-20-9-13-22(29)14-10-20)28(33)25-17-19(2)31(26-8-6-5-7-24(25)26)27(32)21-11-15-23(34-3)16-12-21/h5-16,19,25H,4,17-18H2,1-3H3. The van der Waals surface area contributed by atoms with Crippen molar-refractivity contribution in [3.63, 3.8) is 0 Å². The predicted molar refractivity (Wildman–Crippen MR) is 136 cm³/mol. The summed E-state index contributed by atoms with van der Waals surface area (Å²) in [6.45, 7) is 5.12. The first kappa shape index (κ1) is 23.8. The molecule has 0 radical (unpaired) electrons. The maximum absolute atomic E-state index is 13.7. The molecule has 1 aliphatic rings. The molecule has 0 aromatic heterocycles. The largest absolute Gasteiger partial charge is 0.497 e. The Morgan fingerprint density at radius 1 is 1.03 bits per heavy atom. The first-order valence-corrected chi connectivity index (χ1v) is 11.9. The fraction of sp³-hybridized carbons (Fsp3) is 0.286. The monoisotopic (exact) mass is 476 g/mol. The molecule has 2 atom stereocenters. The van der Waals surface area contributed by atoms with E-state index < -0.39 is 0 Å². The number of hydrogen-bond donors (Lipinski definition) is 0. The highest BCUT2D eigenvalue weighted by Gasteiger charge is 2.38. The molecule has 2 amide bonds.